The Labute approximate surface area is 158 Å². The number of nitrogens with one attached hydrogen (secondary N) is 1. The van der Waals surface area contributed by atoms with Crippen LogP contribution in [0.4, 0.5) is 0 Å². The molecule has 2 aromatic carbocycles. The first-order chi connectivity index (χ1) is 13.2. The van der Waals surface area contributed by atoms with E-state index in [2.05, 4.69) is 17.4 Å². The molecule has 0 aliphatic heterocycles. The summed E-state index contributed by atoms with van der Waals surface area (Å²) >= 11 is 0. The largest absolute Gasteiger partial charge is 0.497 e. The fraction of sp³-hybridized carbons (Fsp3) is 0.238. The molecule has 0 saturated heterocycles. The first kappa shape index (κ1) is 18.5. The van der Waals surface area contributed by atoms with Crippen molar-refractivity contribution in [3.8, 4) is 11.5 Å². The molecule has 27 heavy (non-hydrogen) atoms. The minimum Gasteiger partial charge on any atom is -0.497 e. The Morgan fingerprint density at radius 1 is 1.11 bits per heavy atom. The molecule has 0 fully saturated rings. The fourth-order valence-corrected chi connectivity index (χ4v) is 2.57. The summed E-state index contributed by atoms with van der Waals surface area (Å²) < 4.78 is 16.0. The lowest BCUT2D eigenvalue weighted by molar-refractivity contribution is 0.0942. The molecule has 1 heterocycles. The summed E-state index contributed by atoms with van der Waals surface area (Å²) in [5, 5.41) is 6.70. The first-order valence-electron chi connectivity index (χ1n) is 8.71. The maximum absolute atomic E-state index is 12.3. The molecule has 140 valence electrons. The van der Waals surface area contributed by atoms with Gasteiger partial charge in [-0.25, -0.2) is 0 Å². The van der Waals surface area contributed by atoms with Gasteiger partial charge in [0.05, 0.1) is 7.11 Å². The average molecular weight is 366 g/mol. The first-order valence-corrected chi connectivity index (χ1v) is 8.71. The smallest absolute Gasteiger partial charge is 0.273 e. The number of carbonyl (C=O) groups excluding carboxylic acids is 1. The standard InChI is InChI=1S/C21H22N2O4/c1-15(16-7-4-3-5-8-16)13-22-21(24)20-12-19(27-23-20)14-26-18-10-6-9-17(11-18)25-2/h3-12,15H,13-14H2,1-2H3,(H,22,24). The number of amides is 1. The zero-order valence-electron chi connectivity index (χ0n) is 15.3. The number of methoxy groups -OCH3 is 1. The van der Waals surface area contributed by atoms with E-state index < -0.39 is 0 Å². The van der Waals surface area contributed by atoms with E-state index in [4.69, 9.17) is 14.0 Å². The topological polar surface area (TPSA) is 73.6 Å². The summed E-state index contributed by atoms with van der Waals surface area (Å²) in [6.45, 7) is 2.75. The summed E-state index contributed by atoms with van der Waals surface area (Å²) in [4.78, 5) is 12.3. The number of carbonyl (C=O) groups is 1. The molecule has 3 aromatic rings. The second kappa shape index (κ2) is 8.89. The third kappa shape index (κ3) is 5.10. The zero-order chi connectivity index (χ0) is 19.1. The van der Waals surface area contributed by atoms with E-state index in [1.807, 2.05) is 48.5 Å². The fourth-order valence-electron chi connectivity index (χ4n) is 2.57. The summed E-state index contributed by atoms with van der Waals surface area (Å²) in [7, 11) is 1.60. The van der Waals surface area contributed by atoms with Crippen molar-refractivity contribution in [1.29, 1.82) is 0 Å². The molecule has 1 N–H and O–H groups in total. The van der Waals surface area contributed by atoms with Crippen molar-refractivity contribution in [2.24, 2.45) is 0 Å². The highest BCUT2D eigenvalue weighted by atomic mass is 16.5. The van der Waals surface area contributed by atoms with E-state index in [0.29, 0.717) is 23.8 Å². The molecule has 0 aliphatic rings. The van der Waals surface area contributed by atoms with Crippen LogP contribution in [0.3, 0.4) is 0 Å². The summed E-state index contributed by atoms with van der Waals surface area (Å²) in [6.07, 6.45) is 0. The lowest BCUT2D eigenvalue weighted by atomic mass is 10.0. The Hall–Kier alpha value is -3.28. The number of aromatic nitrogens is 1. The molecule has 0 saturated carbocycles. The van der Waals surface area contributed by atoms with Crippen molar-refractivity contribution in [3.05, 3.63) is 77.7 Å². The SMILES string of the molecule is COc1cccc(OCc2cc(C(=O)NCC(C)c3ccccc3)no2)c1. The van der Waals surface area contributed by atoms with Crippen molar-refractivity contribution < 1.29 is 18.8 Å². The molecular weight excluding hydrogens is 344 g/mol. The van der Waals surface area contributed by atoms with Crippen LogP contribution in [0, 0.1) is 0 Å². The van der Waals surface area contributed by atoms with Crippen LogP contribution < -0.4 is 14.8 Å². The maximum atomic E-state index is 12.3. The van der Waals surface area contributed by atoms with Gasteiger partial charge in [0.1, 0.15) is 18.1 Å². The normalized spacial score (nSPS) is 11.6. The Morgan fingerprint density at radius 3 is 2.67 bits per heavy atom. The third-order valence-corrected chi connectivity index (χ3v) is 4.15. The predicted molar refractivity (Wildman–Crippen MR) is 101 cm³/mol. The van der Waals surface area contributed by atoms with Crippen LogP contribution in [0.15, 0.2) is 65.2 Å². The van der Waals surface area contributed by atoms with Gasteiger partial charge in [-0.1, -0.05) is 48.5 Å². The molecule has 3 rings (SSSR count). The monoisotopic (exact) mass is 366 g/mol. The van der Waals surface area contributed by atoms with Crippen molar-refractivity contribution in [2.45, 2.75) is 19.4 Å². The van der Waals surface area contributed by atoms with Gasteiger partial charge in [-0.2, -0.15) is 0 Å². The zero-order valence-corrected chi connectivity index (χ0v) is 15.3. The van der Waals surface area contributed by atoms with Gasteiger partial charge >= 0.3 is 0 Å². The second-order valence-electron chi connectivity index (χ2n) is 6.17. The number of nitrogens with zero attached hydrogens (tertiary/aromatic N) is 1. The third-order valence-electron chi connectivity index (χ3n) is 4.15. The highest BCUT2D eigenvalue weighted by Crippen LogP contribution is 2.20. The van der Waals surface area contributed by atoms with Gasteiger partial charge in [-0.15, -0.1) is 0 Å². The average Bonchev–Trinajstić information content (AvgIpc) is 3.20. The summed E-state index contributed by atoms with van der Waals surface area (Å²) in [6, 6.07) is 18.9. The van der Waals surface area contributed by atoms with Crippen molar-refractivity contribution >= 4 is 5.91 Å². The Balaban J connectivity index is 1.51. The Kier molecular flexibility index (Phi) is 6.10. The molecule has 1 amide bonds. The van der Waals surface area contributed by atoms with Crippen molar-refractivity contribution in [3.63, 3.8) is 0 Å². The number of hydrogen-bond donors (Lipinski definition) is 1. The van der Waals surface area contributed by atoms with Gasteiger partial charge in [-0.05, 0) is 23.6 Å². The van der Waals surface area contributed by atoms with Gasteiger partial charge in [0.15, 0.2) is 11.5 Å². The van der Waals surface area contributed by atoms with E-state index in [9.17, 15) is 4.79 Å². The predicted octanol–water partition coefficient (Wildman–Crippen LogP) is 3.80. The van der Waals surface area contributed by atoms with E-state index >= 15 is 0 Å². The van der Waals surface area contributed by atoms with Crippen molar-refractivity contribution in [2.75, 3.05) is 13.7 Å². The van der Waals surface area contributed by atoms with Crippen LogP contribution in [0.1, 0.15) is 34.7 Å². The molecule has 1 aromatic heterocycles. The van der Waals surface area contributed by atoms with E-state index in [0.717, 1.165) is 0 Å². The minimum atomic E-state index is -0.269. The van der Waals surface area contributed by atoms with Gasteiger partial charge in [0.2, 0.25) is 0 Å². The number of benzene rings is 2. The van der Waals surface area contributed by atoms with Crippen LogP contribution in [-0.2, 0) is 6.61 Å². The van der Waals surface area contributed by atoms with Crippen LogP contribution in [0.2, 0.25) is 0 Å². The Morgan fingerprint density at radius 2 is 1.89 bits per heavy atom. The van der Waals surface area contributed by atoms with Crippen LogP contribution in [0.5, 0.6) is 11.5 Å². The summed E-state index contributed by atoms with van der Waals surface area (Å²) in [5.41, 5.74) is 1.41. The van der Waals surface area contributed by atoms with E-state index in [1.165, 1.54) is 5.56 Å². The van der Waals surface area contributed by atoms with Gasteiger partial charge in [0, 0.05) is 18.7 Å². The highest BCUT2D eigenvalue weighted by molar-refractivity contribution is 5.92. The highest BCUT2D eigenvalue weighted by Gasteiger charge is 2.14. The lowest BCUT2D eigenvalue weighted by Gasteiger charge is -2.12. The van der Waals surface area contributed by atoms with Crippen molar-refractivity contribution in [1.82, 2.24) is 10.5 Å². The van der Waals surface area contributed by atoms with Crippen LogP contribution >= 0.6 is 0 Å². The van der Waals surface area contributed by atoms with Crippen LogP contribution in [0.25, 0.3) is 0 Å². The van der Waals surface area contributed by atoms with Gasteiger partial charge in [0.25, 0.3) is 5.91 Å². The van der Waals surface area contributed by atoms with Crippen LogP contribution in [-0.4, -0.2) is 24.7 Å². The number of ether oxygens (including phenoxy) is 2. The molecule has 0 spiro atoms. The molecule has 6 heteroatoms. The molecule has 1 atom stereocenters. The second-order valence-corrected chi connectivity index (χ2v) is 6.17. The maximum Gasteiger partial charge on any atom is 0.273 e. The summed E-state index contributed by atoms with van der Waals surface area (Å²) in [5.74, 6) is 1.76. The molecule has 6 nitrogen and oxygen atoms in total. The molecule has 0 radical (unpaired) electrons. The van der Waals surface area contributed by atoms with E-state index in [1.54, 1.807) is 19.2 Å². The molecule has 0 aliphatic carbocycles. The number of hydrogen-bond acceptors (Lipinski definition) is 5. The molecular formula is C21H22N2O4. The van der Waals surface area contributed by atoms with E-state index in [-0.39, 0.29) is 24.1 Å². The molecule has 0 bridgehead atoms. The lowest BCUT2D eigenvalue weighted by Crippen LogP contribution is -2.27. The number of rotatable bonds is 8. The quantitative estimate of drug-likeness (QED) is 0.656. The van der Waals surface area contributed by atoms with Gasteiger partial charge in [-0.3, -0.25) is 4.79 Å². The molecule has 1 unspecified atom stereocenters. The Bertz CT molecular complexity index is 877. The minimum absolute atomic E-state index is 0.174. The van der Waals surface area contributed by atoms with Gasteiger partial charge < -0.3 is 19.3 Å².